The van der Waals surface area contributed by atoms with Gasteiger partial charge in [-0.1, -0.05) is 54.9 Å². The van der Waals surface area contributed by atoms with Crippen molar-refractivity contribution in [2.75, 3.05) is 0 Å². The first-order valence-electron chi connectivity index (χ1n) is 10.3. The molecule has 0 spiro atoms. The molecule has 0 saturated carbocycles. The zero-order valence-electron chi connectivity index (χ0n) is 17.3. The van der Waals surface area contributed by atoms with Gasteiger partial charge in [0.2, 0.25) is 0 Å². The number of nitrogens with one attached hydrogen (secondary N) is 1. The summed E-state index contributed by atoms with van der Waals surface area (Å²) >= 11 is 6.16. The molecule has 2 N–H and O–H groups in total. The summed E-state index contributed by atoms with van der Waals surface area (Å²) in [5.41, 5.74) is 3.46. The fourth-order valence-electron chi connectivity index (χ4n) is 3.84. The number of aliphatic imine (C=N–C) groups is 1. The molecule has 4 rings (SSSR count). The minimum Gasteiger partial charge on any atom is -0.508 e. The smallest absolute Gasteiger partial charge is 0.416 e. The van der Waals surface area contributed by atoms with Crippen LogP contribution in [0.15, 0.2) is 71.7 Å². The Labute approximate surface area is 189 Å². The number of nitrogens with zero attached hydrogens (tertiary/aromatic N) is 1. The van der Waals surface area contributed by atoms with E-state index in [1.165, 1.54) is 23.8 Å². The molecule has 0 bridgehead atoms. The molecule has 0 aliphatic carbocycles. The molecule has 2 atom stereocenters. The number of halogens is 4. The molecule has 7 heteroatoms. The van der Waals surface area contributed by atoms with Crippen LogP contribution in [0.4, 0.5) is 13.2 Å². The molecule has 1 aliphatic rings. The van der Waals surface area contributed by atoms with E-state index in [1.807, 2.05) is 24.3 Å². The highest BCUT2D eigenvalue weighted by Gasteiger charge is 2.31. The molecule has 3 nitrogen and oxygen atoms in total. The average Bonchev–Trinajstić information content (AvgIpc) is 2.80. The maximum absolute atomic E-state index is 13.0. The van der Waals surface area contributed by atoms with Crippen molar-refractivity contribution < 1.29 is 18.3 Å². The minimum atomic E-state index is -4.40. The van der Waals surface area contributed by atoms with Crippen molar-refractivity contribution in [2.24, 2.45) is 4.99 Å². The summed E-state index contributed by atoms with van der Waals surface area (Å²) in [4.78, 5) is 4.81. The predicted octanol–water partition coefficient (Wildman–Crippen LogP) is 6.85. The van der Waals surface area contributed by atoms with Crippen LogP contribution in [0.2, 0.25) is 5.02 Å². The standard InChI is InChI=1S/C25H22ClF3N2O/c1-2-15-3-5-16(6-4-15)21-14-22(20-13-19(26)11-12-23(20)32)31-24(30-21)17-7-9-18(10-8-17)25(27,28)29/h3-13,22,24,31-32H,2,14H2,1H3. The number of hydrogen-bond donors (Lipinski definition) is 2. The Kier molecular flexibility index (Phi) is 6.26. The molecular weight excluding hydrogens is 437 g/mol. The van der Waals surface area contributed by atoms with Gasteiger partial charge in [-0.15, -0.1) is 0 Å². The van der Waals surface area contributed by atoms with E-state index in [-0.39, 0.29) is 11.8 Å². The van der Waals surface area contributed by atoms with Gasteiger partial charge in [0.05, 0.1) is 5.56 Å². The first kappa shape index (κ1) is 22.4. The van der Waals surface area contributed by atoms with Gasteiger partial charge in [0, 0.05) is 28.8 Å². The van der Waals surface area contributed by atoms with E-state index in [4.69, 9.17) is 16.6 Å². The second kappa shape index (κ2) is 8.96. The molecule has 0 amide bonds. The maximum atomic E-state index is 13.0. The topological polar surface area (TPSA) is 44.6 Å². The molecule has 0 saturated heterocycles. The van der Waals surface area contributed by atoms with E-state index in [0.717, 1.165) is 29.8 Å². The molecule has 0 aromatic heterocycles. The Hall–Kier alpha value is -2.83. The van der Waals surface area contributed by atoms with Crippen LogP contribution >= 0.6 is 11.6 Å². The van der Waals surface area contributed by atoms with Crippen molar-refractivity contribution >= 4 is 17.3 Å². The van der Waals surface area contributed by atoms with E-state index in [1.54, 1.807) is 12.1 Å². The third kappa shape index (κ3) is 4.81. The summed E-state index contributed by atoms with van der Waals surface area (Å²) < 4.78 is 39.0. The first-order chi connectivity index (χ1) is 15.2. The van der Waals surface area contributed by atoms with Gasteiger partial charge in [-0.25, -0.2) is 0 Å². The van der Waals surface area contributed by atoms with E-state index < -0.39 is 17.9 Å². The number of phenols is 1. The predicted molar refractivity (Wildman–Crippen MR) is 120 cm³/mol. The third-order valence-corrected chi connectivity index (χ3v) is 5.89. The molecular formula is C25H22ClF3N2O. The second-order valence-electron chi connectivity index (χ2n) is 7.78. The second-order valence-corrected chi connectivity index (χ2v) is 8.21. The molecule has 3 aromatic carbocycles. The van der Waals surface area contributed by atoms with Crippen LogP contribution in [-0.4, -0.2) is 10.8 Å². The van der Waals surface area contributed by atoms with Crippen LogP contribution < -0.4 is 5.32 Å². The Balaban J connectivity index is 1.73. The third-order valence-electron chi connectivity index (χ3n) is 5.66. The van der Waals surface area contributed by atoms with Gasteiger partial charge < -0.3 is 5.11 Å². The van der Waals surface area contributed by atoms with Crippen LogP contribution in [0.25, 0.3) is 0 Å². The monoisotopic (exact) mass is 458 g/mol. The summed E-state index contributed by atoms with van der Waals surface area (Å²) in [5.74, 6) is 0.0978. The number of rotatable bonds is 4. The van der Waals surface area contributed by atoms with Gasteiger partial charge in [-0.3, -0.25) is 10.3 Å². The summed E-state index contributed by atoms with van der Waals surface area (Å²) in [6.07, 6.45) is -3.56. The molecule has 1 heterocycles. The van der Waals surface area contributed by atoms with E-state index in [2.05, 4.69) is 12.2 Å². The summed E-state index contributed by atoms with van der Waals surface area (Å²) in [5, 5.41) is 14.3. The molecule has 1 aliphatic heterocycles. The van der Waals surface area contributed by atoms with Gasteiger partial charge >= 0.3 is 6.18 Å². The van der Waals surface area contributed by atoms with Crippen LogP contribution in [0, 0.1) is 0 Å². The number of alkyl halides is 3. The van der Waals surface area contributed by atoms with Crippen LogP contribution in [0.1, 0.15) is 53.4 Å². The minimum absolute atomic E-state index is 0.0978. The van der Waals surface area contributed by atoms with Crippen LogP contribution in [0.3, 0.4) is 0 Å². The van der Waals surface area contributed by atoms with Crippen molar-refractivity contribution in [3.05, 3.63) is 99.6 Å². The van der Waals surface area contributed by atoms with Crippen molar-refractivity contribution in [3.63, 3.8) is 0 Å². The maximum Gasteiger partial charge on any atom is 0.416 e. The van der Waals surface area contributed by atoms with E-state index in [0.29, 0.717) is 22.6 Å². The Bertz CT molecular complexity index is 1130. The normalized spacial score (nSPS) is 19.0. The number of hydrogen-bond acceptors (Lipinski definition) is 3. The quantitative estimate of drug-likeness (QED) is 0.449. The molecule has 32 heavy (non-hydrogen) atoms. The van der Waals surface area contributed by atoms with Gasteiger partial charge in [-0.2, -0.15) is 13.2 Å². The largest absolute Gasteiger partial charge is 0.508 e. The number of benzene rings is 3. The Morgan fingerprint density at radius 1 is 1.03 bits per heavy atom. The van der Waals surface area contributed by atoms with Gasteiger partial charge in [0.25, 0.3) is 0 Å². The van der Waals surface area contributed by atoms with E-state index in [9.17, 15) is 18.3 Å². The molecule has 0 fully saturated rings. The fourth-order valence-corrected chi connectivity index (χ4v) is 4.02. The van der Waals surface area contributed by atoms with Gasteiger partial charge in [-0.05, 0) is 53.4 Å². The number of aromatic hydroxyl groups is 1. The van der Waals surface area contributed by atoms with Crippen molar-refractivity contribution in [2.45, 2.75) is 38.1 Å². The lowest BCUT2D eigenvalue weighted by Crippen LogP contribution is -2.33. The fraction of sp³-hybridized carbons (Fsp3) is 0.240. The highest BCUT2D eigenvalue weighted by Crippen LogP contribution is 2.36. The molecule has 3 aromatic rings. The van der Waals surface area contributed by atoms with Crippen molar-refractivity contribution in [3.8, 4) is 5.75 Å². The molecule has 166 valence electrons. The summed E-state index contributed by atoms with van der Waals surface area (Å²) in [6, 6.07) is 17.6. The molecule has 0 radical (unpaired) electrons. The SMILES string of the molecule is CCc1ccc(C2=NC(c3ccc(C(F)(F)F)cc3)NC(c3cc(Cl)ccc3O)C2)cc1. The zero-order chi connectivity index (χ0) is 22.9. The lowest BCUT2D eigenvalue weighted by molar-refractivity contribution is -0.137. The Morgan fingerprint density at radius 3 is 2.34 bits per heavy atom. The zero-order valence-corrected chi connectivity index (χ0v) is 18.1. The lowest BCUT2D eigenvalue weighted by Gasteiger charge is -2.31. The van der Waals surface area contributed by atoms with Gasteiger partial charge in [0.1, 0.15) is 11.9 Å². The lowest BCUT2D eigenvalue weighted by atomic mass is 9.93. The molecule has 2 unspecified atom stereocenters. The summed E-state index contributed by atoms with van der Waals surface area (Å²) in [6.45, 7) is 2.08. The average molecular weight is 459 g/mol. The van der Waals surface area contributed by atoms with Crippen molar-refractivity contribution in [1.29, 1.82) is 0 Å². The Morgan fingerprint density at radius 2 is 1.72 bits per heavy atom. The van der Waals surface area contributed by atoms with Crippen molar-refractivity contribution in [1.82, 2.24) is 5.32 Å². The van der Waals surface area contributed by atoms with Gasteiger partial charge in [0.15, 0.2) is 0 Å². The van der Waals surface area contributed by atoms with E-state index >= 15 is 0 Å². The highest BCUT2D eigenvalue weighted by atomic mass is 35.5. The van der Waals surface area contributed by atoms with Crippen LogP contribution in [-0.2, 0) is 12.6 Å². The van der Waals surface area contributed by atoms with Crippen LogP contribution in [0.5, 0.6) is 5.75 Å². The highest BCUT2D eigenvalue weighted by molar-refractivity contribution is 6.30. The summed E-state index contributed by atoms with van der Waals surface area (Å²) in [7, 11) is 0. The number of aryl methyl sites for hydroxylation is 1. The number of phenolic OH excluding ortho intramolecular Hbond substituents is 1. The first-order valence-corrected chi connectivity index (χ1v) is 10.7.